The van der Waals surface area contributed by atoms with E-state index in [0.29, 0.717) is 0 Å². The molecular formula is C15H22N4. The van der Waals surface area contributed by atoms with Gasteiger partial charge in [-0.3, -0.25) is 4.57 Å². The van der Waals surface area contributed by atoms with Crippen molar-refractivity contribution in [3.8, 4) is 5.69 Å². The van der Waals surface area contributed by atoms with Crippen molar-refractivity contribution >= 4 is 0 Å². The SMILES string of the molecule is Cc1nnc(CCNC(C)(C)C)n1-c1ccccc1. The minimum Gasteiger partial charge on any atom is -0.312 e. The van der Waals surface area contributed by atoms with E-state index in [2.05, 4.69) is 53.0 Å². The van der Waals surface area contributed by atoms with Gasteiger partial charge in [0.2, 0.25) is 0 Å². The van der Waals surface area contributed by atoms with Gasteiger partial charge in [-0.1, -0.05) is 18.2 Å². The fourth-order valence-electron chi connectivity index (χ4n) is 2.03. The lowest BCUT2D eigenvalue weighted by atomic mass is 10.1. The molecule has 0 radical (unpaired) electrons. The van der Waals surface area contributed by atoms with Gasteiger partial charge in [-0.25, -0.2) is 0 Å². The highest BCUT2D eigenvalue weighted by atomic mass is 15.3. The monoisotopic (exact) mass is 258 g/mol. The lowest BCUT2D eigenvalue weighted by molar-refractivity contribution is 0.426. The normalized spacial score (nSPS) is 11.8. The van der Waals surface area contributed by atoms with E-state index >= 15 is 0 Å². The molecule has 1 aromatic carbocycles. The van der Waals surface area contributed by atoms with E-state index in [9.17, 15) is 0 Å². The van der Waals surface area contributed by atoms with Gasteiger partial charge in [0.25, 0.3) is 0 Å². The molecule has 19 heavy (non-hydrogen) atoms. The van der Waals surface area contributed by atoms with Crippen LogP contribution < -0.4 is 5.32 Å². The number of hydrogen-bond acceptors (Lipinski definition) is 3. The van der Waals surface area contributed by atoms with E-state index in [1.807, 2.05) is 25.1 Å². The molecule has 0 bridgehead atoms. The average molecular weight is 258 g/mol. The summed E-state index contributed by atoms with van der Waals surface area (Å²) in [6, 6.07) is 10.2. The zero-order chi connectivity index (χ0) is 13.9. The number of aryl methyl sites for hydroxylation is 1. The number of para-hydroxylation sites is 1. The maximum absolute atomic E-state index is 4.28. The molecule has 2 rings (SSSR count). The van der Waals surface area contributed by atoms with Crippen LogP contribution in [0.25, 0.3) is 5.69 Å². The Kier molecular flexibility index (Phi) is 4.00. The summed E-state index contributed by atoms with van der Waals surface area (Å²) in [6.07, 6.45) is 0.868. The van der Waals surface area contributed by atoms with E-state index in [1.165, 1.54) is 0 Å². The molecule has 1 aromatic heterocycles. The fourth-order valence-corrected chi connectivity index (χ4v) is 2.03. The third kappa shape index (κ3) is 3.64. The molecule has 0 saturated carbocycles. The highest BCUT2D eigenvalue weighted by Gasteiger charge is 2.12. The summed E-state index contributed by atoms with van der Waals surface area (Å²) in [4.78, 5) is 0. The second-order valence-corrected chi connectivity index (χ2v) is 5.76. The predicted octanol–water partition coefficient (Wildman–Crippen LogP) is 2.51. The molecule has 1 N–H and O–H groups in total. The molecular weight excluding hydrogens is 236 g/mol. The van der Waals surface area contributed by atoms with Crippen LogP contribution in [0.4, 0.5) is 0 Å². The summed E-state index contributed by atoms with van der Waals surface area (Å²) in [7, 11) is 0. The third-order valence-electron chi connectivity index (χ3n) is 2.91. The first-order valence-electron chi connectivity index (χ1n) is 6.69. The van der Waals surface area contributed by atoms with Gasteiger partial charge in [0.15, 0.2) is 0 Å². The van der Waals surface area contributed by atoms with Crippen LogP contribution in [-0.4, -0.2) is 26.8 Å². The molecule has 0 aliphatic rings. The molecule has 0 saturated heterocycles. The number of hydrogen-bond donors (Lipinski definition) is 1. The van der Waals surface area contributed by atoms with Gasteiger partial charge in [-0.05, 0) is 39.8 Å². The fraction of sp³-hybridized carbons (Fsp3) is 0.467. The Balaban J connectivity index is 2.15. The molecule has 4 heteroatoms. The van der Waals surface area contributed by atoms with Crippen LogP contribution >= 0.6 is 0 Å². The molecule has 0 unspecified atom stereocenters. The lowest BCUT2D eigenvalue weighted by Gasteiger charge is -2.20. The van der Waals surface area contributed by atoms with E-state index in [1.54, 1.807) is 0 Å². The number of aromatic nitrogens is 3. The quantitative estimate of drug-likeness (QED) is 0.916. The maximum atomic E-state index is 4.28. The van der Waals surface area contributed by atoms with Gasteiger partial charge in [-0.2, -0.15) is 0 Å². The number of rotatable bonds is 4. The molecule has 4 nitrogen and oxygen atoms in total. The van der Waals surface area contributed by atoms with E-state index in [0.717, 1.165) is 30.3 Å². The van der Waals surface area contributed by atoms with Crippen LogP contribution in [0.5, 0.6) is 0 Å². The number of benzene rings is 1. The van der Waals surface area contributed by atoms with E-state index in [4.69, 9.17) is 0 Å². The summed E-state index contributed by atoms with van der Waals surface area (Å²) in [6.45, 7) is 9.38. The predicted molar refractivity (Wildman–Crippen MR) is 77.6 cm³/mol. The Morgan fingerprint density at radius 2 is 1.79 bits per heavy atom. The van der Waals surface area contributed by atoms with Crippen molar-refractivity contribution in [3.63, 3.8) is 0 Å². The molecule has 102 valence electrons. The van der Waals surface area contributed by atoms with Gasteiger partial charge in [0.1, 0.15) is 11.6 Å². The molecule has 0 spiro atoms. The second kappa shape index (κ2) is 5.53. The van der Waals surface area contributed by atoms with E-state index in [-0.39, 0.29) is 5.54 Å². The summed E-state index contributed by atoms with van der Waals surface area (Å²) >= 11 is 0. The number of nitrogens with one attached hydrogen (secondary N) is 1. The molecule has 0 amide bonds. The topological polar surface area (TPSA) is 42.7 Å². The van der Waals surface area contributed by atoms with Crippen molar-refractivity contribution in [2.75, 3.05) is 6.54 Å². The summed E-state index contributed by atoms with van der Waals surface area (Å²) < 4.78 is 2.12. The molecule has 0 fully saturated rings. The van der Waals surface area contributed by atoms with Gasteiger partial charge in [0, 0.05) is 24.2 Å². The first kappa shape index (κ1) is 13.7. The Morgan fingerprint density at radius 3 is 2.42 bits per heavy atom. The first-order valence-corrected chi connectivity index (χ1v) is 6.69. The van der Waals surface area contributed by atoms with Crippen LogP contribution in [0.2, 0.25) is 0 Å². The average Bonchev–Trinajstić information content (AvgIpc) is 2.70. The second-order valence-electron chi connectivity index (χ2n) is 5.76. The van der Waals surface area contributed by atoms with Crippen LogP contribution in [0, 0.1) is 6.92 Å². The first-order chi connectivity index (χ1) is 8.97. The summed E-state index contributed by atoms with van der Waals surface area (Å²) in [5.74, 6) is 1.93. The molecule has 1 heterocycles. The zero-order valence-corrected chi connectivity index (χ0v) is 12.1. The Hall–Kier alpha value is -1.68. The minimum absolute atomic E-state index is 0.132. The van der Waals surface area contributed by atoms with Crippen molar-refractivity contribution in [2.24, 2.45) is 0 Å². The van der Waals surface area contributed by atoms with Gasteiger partial charge >= 0.3 is 0 Å². The highest BCUT2D eigenvalue weighted by Crippen LogP contribution is 2.12. The smallest absolute Gasteiger partial charge is 0.138 e. The van der Waals surface area contributed by atoms with Crippen LogP contribution in [0.15, 0.2) is 30.3 Å². The Labute approximate surface area is 114 Å². The third-order valence-corrected chi connectivity index (χ3v) is 2.91. The van der Waals surface area contributed by atoms with Gasteiger partial charge in [0.05, 0.1) is 0 Å². The highest BCUT2D eigenvalue weighted by molar-refractivity contribution is 5.33. The molecule has 0 atom stereocenters. The van der Waals surface area contributed by atoms with Crippen molar-refractivity contribution in [2.45, 2.75) is 39.7 Å². The maximum Gasteiger partial charge on any atom is 0.138 e. The van der Waals surface area contributed by atoms with Crippen LogP contribution in [-0.2, 0) is 6.42 Å². The van der Waals surface area contributed by atoms with Crippen molar-refractivity contribution < 1.29 is 0 Å². The number of nitrogens with zero attached hydrogens (tertiary/aromatic N) is 3. The summed E-state index contributed by atoms with van der Waals surface area (Å²) in [5.41, 5.74) is 1.25. The van der Waals surface area contributed by atoms with Crippen molar-refractivity contribution in [1.29, 1.82) is 0 Å². The Bertz CT molecular complexity index is 523. The molecule has 0 aliphatic carbocycles. The van der Waals surface area contributed by atoms with Crippen LogP contribution in [0.3, 0.4) is 0 Å². The van der Waals surface area contributed by atoms with Crippen molar-refractivity contribution in [1.82, 2.24) is 20.1 Å². The van der Waals surface area contributed by atoms with Crippen molar-refractivity contribution in [3.05, 3.63) is 42.0 Å². The van der Waals surface area contributed by atoms with E-state index < -0.39 is 0 Å². The van der Waals surface area contributed by atoms with Gasteiger partial charge < -0.3 is 5.32 Å². The lowest BCUT2D eigenvalue weighted by Crippen LogP contribution is -2.37. The Morgan fingerprint density at radius 1 is 1.11 bits per heavy atom. The largest absolute Gasteiger partial charge is 0.312 e. The zero-order valence-electron chi connectivity index (χ0n) is 12.1. The standard InChI is InChI=1S/C15H22N4/c1-12-17-18-14(10-11-16-15(2,3)4)19(12)13-8-6-5-7-9-13/h5-9,16H,10-11H2,1-4H3. The molecule has 2 aromatic rings. The van der Waals surface area contributed by atoms with Crippen LogP contribution in [0.1, 0.15) is 32.4 Å². The summed E-state index contributed by atoms with van der Waals surface area (Å²) in [5, 5.41) is 12.0. The van der Waals surface area contributed by atoms with Gasteiger partial charge in [-0.15, -0.1) is 10.2 Å². The molecule has 0 aliphatic heterocycles. The minimum atomic E-state index is 0.132.